The predicted octanol–water partition coefficient (Wildman–Crippen LogP) is 4.33. The maximum absolute atomic E-state index is 12.2. The molecule has 2 aromatic carbocycles. The van der Waals surface area contributed by atoms with Crippen molar-refractivity contribution in [1.82, 2.24) is 20.2 Å². The lowest BCUT2D eigenvalue weighted by Gasteiger charge is -2.37. The van der Waals surface area contributed by atoms with Crippen LogP contribution in [0, 0.1) is 5.92 Å². The Morgan fingerprint density at radius 3 is 2.22 bits per heavy atom. The highest BCUT2D eigenvalue weighted by molar-refractivity contribution is 5.89. The molecule has 0 spiro atoms. The molecule has 0 saturated carbocycles. The first-order valence-electron chi connectivity index (χ1n) is 12.3. The van der Waals surface area contributed by atoms with Crippen LogP contribution in [0.2, 0.25) is 0 Å². The number of piperazine rings is 1. The Balaban J connectivity index is 1.36. The van der Waals surface area contributed by atoms with Crippen LogP contribution in [0.1, 0.15) is 20.8 Å². The van der Waals surface area contributed by atoms with E-state index in [2.05, 4.69) is 43.0 Å². The number of carbonyl (C=O) groups excluding carboxylic acids is 2. The highest BCUT2D eigenvalue weighted by Crippen LogP contribution is 2.24. The predicted molar refractivity (Wildman–Crippen MR) is 144 cm³/mol. The molecule has 0 atom stereocenters. The Hall–Kier alpha value is -4.14. The maximum atomic E-state index is 12.2. The minimum absolute atomic E-state index is 0.0396. The van der Waals surface area contributed by atoms with Gasteiger partial charge in [-0.15, -0.1) is 0 Å². The molecule has 0 aliphatic carbocycles. The molecule has 3 aromatic rings. The highest BCUT2D eigenvalue weighted by Gasteiger charge is 2.22. The summed E-state index contributed by atoms with van der Waals surface area (Å²) in [7, 11) is 0. The standard InChI is InChI=1S/C27H33N7O2/c1-4-28-27(36)31-22-7-5-20(6-8-22)24-13-14-29-26(32-24)30-21-9-11-23(12-10-21)33-15-17-34(18-16-33)25(35)19(2)3/h5-14,19H,4,15-18H2,1-3H3,(H2,28,31,36)(H,29,30,32). The van der Waals surface area contributed by atoms with Gasteiger partial charge in [0, 0.05) is 67.5 Å². The molecule has 4 rings (SSSR count). The van der Waals surface area contributed by atoms with Crippen LogP contribution in [-0.4, -0.2) is 59.5 Å². The van der Waals surface area contributed by atoms with Gasteiger partial charge in [0.15, 0.2) is 0 Å². The molecule has 3 amide bonds. The molecule has 1 aromatic heterocycles. The minimum atomic E-state index is -0.228. The Labute approximate surface area is 211 Å². The van der Waals surface area contributed by atoms with Crippen LogP contribution in [0.4, 0.5) is 27.8 Å². The molecule has 0 radical (unpaired) electrons. The summed E-state index contributed by atoms with van der Waals surface area (Å²) in [5, 5.41) is 8.77. The summed E-state index contributed by atoms with van der Waals surface area (Å²) in [5.41, 5.74) is 4.44. The number of amides is 3. The molecule has 1 aliphatic rings. The molecule has 0 bridgehead atoms. The van der Waals surface area contributed by atoms with E-state index in [0.717, 1.165) is 48.8 Å². The van der Waals surface area contributed by atoms with Crippen molar-refractivity contribution in [3.8, 4) is 11.3 Å². The second kappa shape index (κ2) is 11.5. The Morgan fingerprint density at radius 2 is 1.58 bits per heavy atom. The number of nitrogens with zero attached hydrogens (tertiary/aromatic N) is 4. The van der Waals surface area contributed by atoms with Crippen molar-refractivity contribution >= 4 is 34.9 Å². The van der Waals surface area contributed by atoms with Gasteiger partial charge in [0.2, 0.25) is 11.9 Å². The maximum Gasteiger partial charge on any atom is 0.319 e. The zero-order chi connectivity index (χ0) is 25.5. The summed E-state index contributed by atoms with van der Waals surface area (Å²) in [6.45, 7) is 9.50. The largest absolute Gasteiger partial charge is 0.368 e. The quantitative estimate of drug-likeness (QED) is 0.458. The number of aromatic nitrogens is 2. The van der Waals surface area contributed by atoms with Gasteiger partial charge in [0.1, 0.15) is 0 Å². The van der Waals surface area contributed by atoms with Crippen molar-refractivity contribution in [2.45, 2.75) is 20.8 Å². The molecule has 1 aliphatic heterocycles. The minimum Gasteiger partial charge on any atom is -0.368 e. The number of carbonyl (C=O) groups is 2. The van der Waals surface area contributed by atoms with E-state index < -0.39 is 0 Å². The van der Waals surface area contributed by atoms with Crippen molar-refractivity contribution < 1.29 is 9.59 Å². The monoisotopic (exact) mass is 487 g/mol. The van der Waals surface area contributed by atoms with Gasteiger partial charge in [0.05, 0.1) is 5.69 Å². The molecular formula is C27H33N7O2. The van der Waals surface area contributed by atoms with E-state index in [1.54, 1.807) is 6.20 Å². The van der Waals surface area contributed by atoms with Gasteiger partial charge >= 0.3 is 6.03 Å². The van der Waals surface area contributed by atoms with Gasteiger partial charge in [-0.1, -0.05) is 26.0 Å². The second-order valence-electron chi connectivity index (χ2n) is 8.97. The van der Waals surface area contributed by atoms with E-state index in [1.165, 1.54) is 0 Å². The third-order valence-corrected chi connectivity index (χ3v) is 6.01. The number of urea groups is 1. The van der Waals surface area contributed by atoms with Gasteiger partial charge in [0.25, 0.3) is 0 Å². The smallest absolute Gasteiger partial charge is 0.319 e. The van der Waals surface area contributed by atoms with Crippen molar-refractivity contribution in [2.24, 2.45) is 5.92 Å². The van der Waals surface area contributed by atoms with Crippen molar-refractivity contribution in [3.05, 3.63) is 60.8 Å². The zero-order valence-corrected chi connectivity index (χ0v) is 21.0. The lowest BCUT2D eigenvalue weighted by Crippen LogP contribution is -2.49. The summed E-state index contributed by atoms with van der Waals surface area (Å²) in [6, 6.07) is 17.3. The number of hydrogen-bond acceptors (Lipinski definition) is 6. The van der Waals surface area contributed by atoms with Gasteiger partial charge in [-0.3, -0.25) is 4.79 Å². The van der Waals surface area contributed by atoms with Crippen LogP contribution in [0.3, 0.4) is 0 Å². The SMILES string of the molecule is CCNC(=O)Nc1ccc(-c2ccnc(Nc3ccc(N4CCN(C(=O)C(C)C)CC4)cc3)n2)cc1. The second-order valence-corrected chi connectivity index (χ2v) is 8.97. The highest BCUT2D eigenvalue weighted by atomic mass is 16.2. The first kappa shape index (κ1) is 25.0. The van der Waals surface area contributed by atoms with E-state index in [9.17, 15) is 9.59 Å². The molecule has 1 saturated heterocycles. The molecule has 36 heavy (non-hydrogen) atoms. The molecule has 1 fully saturated rings. The van der Waals surface area contributed by atoms with Gasteiger partial charge in [-0.25, -0.2) is 14.8 Å². The molecule has 9 nitrogen and oxygen atoms in total. The summed E-state index contributed by atoms with van der Waals surface area (Å²) in [6.07, 6.45) is 1.72. The molecule has 0 unspecified atom stereocenters. The summed E-state index contributed by atoms with van der Waals surface area (Å²) < 4.78 is 0. The normalized spacial score (nSPS) is 13.4. The fourth-order valence-electron chi connectivity index (χ4n) is 4.07. The summed E-state index contributed by atoms with van der Waals surface area (Å²) in [5.74, 6) is 0.770. The Kier molecular flexibility index (Phi) is 7.99. The number of benzene rings is 2. The van der Waals surface area contributed by atoms with Gasteiger partial charge in [-0.05, 0) is 49.4 Å². The molecule has 3 N–H and O–H groups in total. The topological polar surface area (TPSA) is 102 Å². The van der Waals surface area contributed by atoms with Crippen molar-refractivity contribution in [1.29, 1.82) is 0 Å². The lowest BCUT2D eigenvalue weighted by molar-refractivity contribution is -0.134. The zero-order valence-electron chi connectivity index (χ0n) is 21.0. The van der Waals surface area contributed by atoms with Crippen LogP contribution < -0.4 is 20.9 Å². The molecule has 9 heteroatoms. The number of anilines is 4. The van der Waals surface area contributed by atoms with Gasteiger partial charge < -0.3 is 25.8 Å². The van der Waals surface area contributed by atoms with E-state index >= 15 is 0 Å². The van der Waals surface area contributed by atoms with E-state index in [4.69, 9.17) is 0 Å². The Bertz CT molecular complexity index is 1170. The Morgan fingerprint density at radius 1 is 0.917 bits per heavy atom. The van der Waals surface area contributed by atoms with Crippen LogP contribution in [0.5, 0.6) is 0 Å². The third kappa shape index (κ3) is 6.29. The lowest BCUT2D eigenvalue weighted by atomic mass is 10.1. The third-order valence-electron chi connectivity index (χ3n) is 6.01. The van der Waals surface area contributed by atoms with Crippen molar-refractivity contribution in [3.63, 3.8) is 0 Å². The average Bonchev–Trinajstić information content (AvgIpc) is 2.89. The van der Waals surface area contributed by atoms with Gasteiger partial charge in [-0.2, -0.15) is 0 Å². The fourth-order valence-corrected chi connectivity index (χ4v) is 4.07. The fraction of sp³-hybridized carbons (Fsp3) is 0.333. The first-order chi connectivity index (χ1) is 17.4. The average molecular weight is 488 g/mol. The van der Waals surface area contributed by atoms with Crippen molar-refractivity contribution in [2.75, 3.05) is 48.3 Å². The first-order valence-corrected chi connectivity index (χ1v) is 12.3. The number of hydrogen-bond donors (Lipinski definition) is 3. The number of rotatable bonds is 7. The van der Waals surface area contributed by atoms with Crippen LogP contribution in [-0.2, 0) is 4.79 Å². The van der Waals surface area contributed by atoms with Crippen LogP contribution in [0.25, 0.3) is 11.3 Å². The molecular weight excluding hydrogens is 454 g/mol. The van der Waals surface area contributed by atoms with Crippen LogP contribution >= 0.6 is 0 Å². The summed E-state index contributed by atoms with van der Waals surface area (Å²) in [4.78, 5) is 37.2. The van der Waals surface area contributed by atoms with E-state index in [0.29, 0.717) is 18.2 Å². The molecule has 188 valence electrons. The summed E-state index contributed by atoms with van der Waals surface area (Å²) >= 11 is 0. The van der Waals surface area contributed by atoms with E-state index in [-0.39, 0.29) is 17.9 Å². The molecule has 2 heterocycles. The van der Waals surface area contributed by atoms with Crippen LogP contribution in [0.15, 0.2) is 60.8 Å². The number of nitrogens with one attached hydrogen (secondary N) is 3. The van der Waals surface area contributed by atoms with E-state index in [1.807, 2.05) is 68.1 Å².